The summed E-state index contributed by atoms with van der Waals surface area (Å²) in [5.41, 5.74) is 10.6. The fourth-order valence-electron chi connectivity index (χ4n) is 7.81. The molecule has 5 heteroatoms. The Balaban J connectivity index is 1.19. The molecule has 4 heterocycles. The van der Waals surface area contributed by atoms with Gasteiger partial charge in [0.15, 0.2) is 11.4 Å². The molecule has 0 N–H and O–H groups in total. The van der Waals surface area contributed by atoms with E-state index in [0.717, 1.165) is 67.0 Å². The molecule has 0 fully saturated rings. The Hall–Kier alpha value is -5.78. The number of furan rings is 1. The van der Waals surface area contributed by atoms with Gasteiger partial charge < -0.3 is 8.98 Å². The highest BCUT2D eigenvalue weighted by Gasteiger charge is 2.41. The van der Waals surface area contributed by atoms with Crippen LogP contribution in [-0.2, 0) is 0 Å². The Morgan fingerprint density at radius 2 is 1.23 bits per heavy atom. The first kappa shape index (κ1) is 26.4. The molecule has 0 amide bonds. The van der Waals surface area contributed by atoms with E-state index in [1.165, 1.54) is 26.7 Å². The molecule has 47 heavy (non-hydrogen) atoms. The summed E-state index contributed by atoms with van der Waals surface area (Å²) in [5.74, 6) is 0.748. The van der Waals surface area contributed by atoms with Crippen LogP contribution in [0.1, 0.15) is 0 Å². The zero-order valence-corrected chi connectivity index (χ0v) is 27.0. The van der Waals surface area contributed by atoms with Crippen LogP contribution < -0.4 is 10.4 Å². The number of nitrogens with zero attached hydrogens (tertiary/aromatic N) is 3. The maximum absolute atomic E-state index is 6.56. The number of para-hydroxylation sites is 2. The van der Waals surface area contributed by atoms with Gasteiger partial charge >= 0.3 is 0 Å². The number of aromatic nitrogens is 3. The van der Waals surface area contributed by atoms with Gasteiger partial charge in [-0.2, -0.15) is 0 Å². The van der Waals surface area contributed by atoms with Crippen molar-refractivity contribution >= 4 is 62.2 Å². The summed E-state index contributed by atoms with van der Waals surface area (Å²) in [5, 5.41) is 7.39. The van der Waals surface area contributed by atoms with Crippen molar-refractivity contribution in [1.82, 2.24) is 14.5 Å². The van der Waals surface area contributed by atoms with Gasteiger partial charge in [0.1, 0.15) is 13.7 Å². The summed E-state index contributed by atoms with van der Waals surface area (Å²) in [6.07, 6.45) is 0. The second-order valence-corrected chi connectivity index (χ2v) is 17.3. The third kappa shape index (κ3) is 3.69. The van der Waals surface area contributed by atoms with E-state index in [2.05, 4.69) is 145 Å². The fraction of sp³-hybridized carbons (Fsp3) is 0.0476. The van der Waals surface area contributed by atoms with Crippen LogP contribution in [0.3, 0.4) is 0 Å². The van der Waals surface area contributed by atoms with Gasteiger partial charge in [0.05, 0.1) is 22.4 Å². The van der Waals surface area contributed by atoms with Gasteiger partial charge in [0, 0.05) is 38.4 Å². The number of hydrogen-bond acceptors (Lipinski definition) is 3. The largest absolute Gasteiger partial charge is 0.454 e. The smallest absolute Gasteiger partial charge is 0.160 e. The standard InChI is InChI=1S/C42H29N3OSi/c1-47(2)36-19-11-8-16-33(36)38-41(47)37(26-12-4-3-5-13-26)43-42(44-38)27-20-22-28(23-21-27)45-34-17-9-6-14-29(34)31-24-25-32-30-15-7-10-18-35(30)46-40(32)39(31)45/h3-25H,1-2H3. The quantitative estimate of drug-likeness (QED) is 0.185. The van der Waals surface area contributed by atoms with Crippen LogP contribution in [0.2, 0.25) is 13.1 Å². The highest BCUT2D eigenvalue weighted by atomic mass is 28.3. The minimum absolute atomic E-state index is 0.748. The lowest BCUT2D eigenvalue weighted by atomic mass is 10.1. The molecule has 0 bridgehead atoms. The highest BCUT2D eigenvalue weighted by Crippen LogP contribution is 2.40. The SMILES string of the molecule is C[Si]1(C)c2ccccc2-c2nc(-c3ccc(-n4c5ccccc5c5ccc6c7ccccc7oc6c54)cc3)nc(-c3ccccc3)c21. The second kappa shape index (κ2) is 9.61. The van der Waals surface area contributed by atoms with E-state index in [0.29, 0.717) is 0 Å². The lowest BCUT2D eigenvalue weighted by molar-refractivity contribution is 0.671. The molecule has 0 saturated carbocycles. The number of hydrogen-bond donors (Lipinski definition) is 0. The van der Waals surface area contributed by atoms with E-state index in [1.54, 1.807) is 0 Å². The van der Waals surface area contributed by atoms with E-state index < -0.39 is 8.07 Å². The number of rotatable bonds is 3. The minimum Gasteiger partial charge on any atom is -0.454 e. The van der Waals surface area contributed by atoms with Crippen molar-refractivity contribution in [2.45, 2.75) is 13.1 Å². The molecule has 4 nitrogen and oxygen atoms in total. The first-order valence-electron chi connectivity index (χ1n) is 16.1. The van der Waals surface area contributed by atoms with E-state index in [-0.39, 0.29) is 0 Å². The Morgan fingerprint density at radius 1 is 0.553 bits per heavy atom. The molecule has 9 aromatic rings. The van der Waals surface area contributed by atoms with Gasteiger partial charge in [-0.15, -0.1) is 0 Å². The molecule has 222 valence electrons. The fourth-order valence-corrected chi connectivity index (χ4v) is 11.0. The average molecular weight is 620 g/mol. The normalized spacial score (nSPS) is 13.5. The van der Waals surface area contributed by atoms with E-state index >= 15 is 0 Å². The summed E-state index contributed by atoms with van der Waals surface area (Å²) in [6.45, 7) is 4.85. The second-order valence-electron chi connectivity index (χ2n) is 13.0. The molecule has 0 atom stereocenters. The highest BCUT2D eigenvalue weighted by molar-refractivity contribution is 7.04. The molecule has 0 unspecified atom stereocenters. The Kier molecular flexibility index (Phi) is 5.41. The van der Waals surface area contributed by atoms with Crippen LogP contribution in [0.15, 0.2) is 144 Å². The Morgan fingerprint density at radius 3 is 2.09 bits per heavy atom. The molecule has 3 aromatic heterocycles. The van der Waals surface area contributed by atoms with Crippen LogP contribution >= 0.6 is 0 Å². The third-order valence-electron chi connectivity index (χ3n) is 10.00. The maximum atomic E-state index is 6.56. The summed E-state index contributed by atoms with van der Waals surface area (Å²) in [6, 6.07) is 49.4. The maximum Gasteiger partial charge on any atom is 0.160 e. The van der Waals surface area contributed by atoms with Crippen molar-refractivity contribution in [2.24, 2.45) is 0 Å². The monoisotopic (exact) mass is 619 g/mol. The zero-order chi connectivity index (χ0) is 31.3. The van der Waals surface area contributed by atoms with Crippen LogP contribution in [-0.4, -0.2) is 22.6 Å². The van der Waals surface area contributed by atoms with Gasteiger partial charge in [-0.3, -0.25) is 0 Å². The van der Waals surface area contributed by atoms with Gasteiger partial charge in [-0.05, 0) is 58.4 Å². The van der Waals surface area contributed by atoms with Gasteiger partial charge in [0.2, 0.25) is 0 Å². The minimum atomic E-state index is -2.00. The van der Waals surface area contributed by atoms with E-state index in [9.17, 15) is 0 Å². The van der Waals surface area contributed by atoms with Gasteiger partial charge in [0.25, 0.3) is 0 Å². The predicted octanol–water partition coefficient (Wildman–Crippen LogP) is 9.61. The van der Waals surface area contributed by atoms with Crippen LogP contribution in [0, 0.1) is 0 Å². The molecular weight excluding hydrogens is 591 g/mol. The molecule has 1 aliphatic rings. The first-order valence-corrected chi connectivity index (χ1v) is 19.1. The molecule has 10 rings (SSSR count). The summed E-state index contributed by atoms with van der Waals surface area (Å²) in [4.78, 5) is 10.6. The summed E-state index contributed by atoms with van der Waals surface area (Å²) < 4.78 is 8.89. The average Bonchev–Trinajstić information content (AvgIpc) is 3.74. The van der Waals surface area contributed by atoms with Crippen molar-refractivity contribution in [3.8, 4) is 39.6 Å². The van der Waals surface area contributed by atoms with Crippen molar-refractivity contribution in [3.63, 3.8) is 0 Å². The summed E-state index contributed by atoms with van der Waals surface area (Å²) >= 11 is 0. The molecule has 1 aliphatic heterocycles. The van der Waals surface area contributed by atoms with Crippen molar-refractivity contribution in [3.05, 3.63) is 140 Å². The number of fused-ring (bicyclic) bond motifs is 10. The van der Waals surface area contributed by atoms with Crippen LogP contribution in [0.5, 0.6) is 0 Å². The molecule has 0 aliphatic carbocycles. The molecule has 0 saturated heterocycles. The van der Waals surface area contributed by atoms with Crippen molar-refractivity contribution in [2.75, 3.05) is 0 Å². The first-order chi connectivity index (χ1) is 23.1. The van der Waals surface area contributed by atoms with Gasteiger partial charge in [-0.1, -0.05) is 110 Å². The molecule has 6 aromatic carbocycles. The van der Waals surface area contributed by atoms with E-state index in [1.807, 2.05) is 12.1 Å². The van der Waals surface area contributed by atoms with E-state index in [4.69, 9.17) is 14.4 Å². The van der Waals surface area contributed by atoms with Crippen molar-refractivity contribution < 1.29 is 4.42 Å². The van der Waals surface area contributed by atoms with Crippen LogP contribution in [0.4, 0.5) is 0 Å². The lowest BCUT2D eigenvalue weighted by Gasteiger charge is -2.21. The third-order valence-corrected chi connectivity index (χ3v) is 13.5. The van der Waals surface area contributed by atoms with Gasteiger partial charge in [-0.25, -0.2) is 9.97 Å². The molecule has 0 radical (unpaired) electrons. The summed E-state index contributed by atoms with van der Waals surface area (Å²) in [7, 11) is -2.00. The van der Waals surface area contributed by atoms with Crippen LogP contribution in [0.25, 0.3) is 83.3 Å². The molecule has 0 spiro atoms. The lowest BCUT2D eigenvalue weighted by Crippen LogP contribution is -2.50. The van der Waals surface area contributed by atoms with Crippen molar-refractivity contribution in [1.29, 1.82) is 0 Å². The molecular formula is C42H29N3OSi. The Bertz CT molecular complexity index is 2700. The topological polar surface area (TPSA) is 43.9 Å². The number of benzene rings is 6. The predicted molar refractivity (Wildman–Crippen MR) is 197 cm³/mol. The zero-order valence-electron chi connectivity index (χ0n) is 26.0. The Labute approximate surface area is 272 Å².